The normalized spacial score (nSPS) is 23.2. The average Bonchev–Trinajstić information content (AvgIpc) is 3.07. The molecule has 1 rings (SSSR count). The van der Waals surface area contributed by atoms with E-state index in [1.54, 1.807) is 0 Å². The minimum Gasteiger partial charge on any atom is -0.394 e. The van der Waals surface area contributed by atoms with Crippen molar-refractivity contribution in [2.24, 2.45) is 17.4 Å². The molecule has 282 valence electrons. The van der Waals surface area contributed by atoms with Crippen molar-refractivity contribution < 1.29 is 34.4 Å². The van der Waals surface area contributed by atoms with E-state index in [-0.39, 0.29) is 25.4 Å². The Kier molecular flexibility index (Phi) is 24.5. The number of nitrogens with one attached hydrogen (secondary N) is 1. The summed E-state index contributed by atoms with van der Waals surface area (Å²) in [6, 6.07) is -1.65. The molecule has 0 radical (unpaired) electrons. The number of aliphatic hydroxyl groups is 3. The standard InChI is InChI=1S/C37H72N4O7/c1-4-6-8-10-12-14-15-16-18-20-22-24-26-41(31(44)25-23-21-19-17-13-11-9-7-5-2)37(39)32(35(46)33(38)29(43)27-40-3)36(47)34(45)30(28-42)48-37/h30,32-34,36,40,42,45,47H,4-28,38-39H2,1-3H3/t30-,32-,33?,34-,36-,37+/m1/s1. The van der Waals surface area contributed by atoms with E-state index >= 15 is 0 Å². The summed E-state index contributed by atoms with van der Waals surface area (Å²) in [6.45, 7) is 3.71. The molecule has 1 aliphatic rings. The molecule has 6 atom stereocenters. The molecule has 11 heteroatoms. The monoisotopic (exact) mass is 685 g/mol. The van der Waals surface area contributed by atoms with Crippen molar-refractivity contribution in [3.8, 4) is 0 Å². The Morgan fingerprint density at radius 3 is 1.62 bits per heavy atom. The number of amides is 1. The third kappa shape index (κ3) is 15.6. The van der Waals surface area contributed by atoms with Crippen molar-refractivity contribution in [3.63, 3.8) is 0 Å². The Labute approximate surface area is 291 Å². The maximum absolute atomic E-state index is 13.9. The minimum atomic E-state index is -2.21. The average molecular weight is 685 g/mol. The lowest BCUT2D eigenvalue weighted by Gasteiger charge is -2.53. The van der Waals surface area contributed by atoms with Crippen LogP contribution in [0, 0.1) is 5.92 Å². The van der Waals surface area contributed by atoms with E-state index in [1.165, 1.54) is 89.0 Å². The first-order valence-corrected chi connectivity index (χ1v) is 19.3. The quantitative estimate of drug-likeness (QED) is 0.0358. The van der Waals surface area contributed by atoms with Crippen molar-refractivity contribution in [2.75, 3.05) is 26.7 Å². The number of ether oxygens (including phenoxy) is 1. The molecule has 48 heavy (non-hydrogen) atoms. The van der Waals surface area contributed by atoms with Crippen molar-refractivity contribution in [3.05, 3.63) is 0 Å². The van der Waals surface area contributed by atoms with Crippen molar-refractivity contribution in [2.45, 2.75) is 185 Å². The second kappa shape index (κ2) is 26.4. The lowest BCUT2D eigenvalue weighted by atomic mass is 9.79. The number of hydrogen-bond donors (Lipinski definition) is 6. The third-order valence-electron chi connectivity index (χ3n) is 9.80. The smallest absolute Gasteiger partial charge is 0.225 e. The van der Waals surface area contributed by atoms with E-state index in [0.29, 0.717) is 12.8 Å². The zero-order chi connectivity index (χ0) is 35.8. The van der Waals surface area contributed by atoms with Crippen molar-refractivity contribution in [1.82, 2.24) is 10.2 Å². The number of rotatable bonds is 30. The first kappa shape index (κ1) is 44.6. The molecule has 8 N–H and O–H groups in total. The Bertz CT molecular complexity index is 879. The first-order valence-electron chi connectivity index (χ1n) is 19.3. The maximum atomic E-state index is 13.9. The fourth-order valence-corrected chi connectivity index (χ4v) is 6.76. The number of aliphatic hydroxyl groups excluding tert-OH is 3. The lowest BCUT2D eigenvalue weighted by molar-refractivity contribution is -0.291. The van der Waals surface area contributed by atoms with E-state index in [0.717, 1.165) is 44.9 Å². The molecule has 0 aromatic heterocycles. The summed E-state index contributed by atoms with van der Waals surface area (Å²) in [6.07, 6.45) is 18.7. The van der Waals surface area contributed by atoms with E-state index in [1.807, 2.05) is 0 Å². The van der Waals surface area contributed by atoms with E-state index in [2.05, 4.69) is 19.2 Å². The first-order chi connectivity index (χ1) is 23.1. The number of Topliss-reactive ketones (excluding diaryl/α,β-unsaturated/α-hetero) is 2. The fourth-order valence-electron chi connectivity index (χ4n) is 6.76. The lowest BCUT2D eigenvalue weighted by Crippen LogP contribution is -2.76. The van der Waals surface area contributed by atoms with Crippen LogP contribution in [0.2, 0.25) is 0 Å². The Morgan fingerprint density at radius 2 is 1.19 bits per heavy atom. The van der Waals surface area contributed by atoms with Crippen LogP contribution in [0.25, 0.3) is 0 Å². The van der Waals surface area contributed by atoms with Crippen LogP contribution >= 0.6 is 0 Å². The van der Waals surface area contributed by atoms with Crippen molar-refractivity contribution >= 4 is 17.5 Å². The molecule has 1 aliphatic heterocycles. The molecule has 0 saturated carbocycles. The van der Waals surface area contributed by atoms with Gasteiger partial charge in [-0.3, -0.25) is 20.1 Å². The molecular weight excluding hydrogens is 612 g/mol. The fraction of sp³-hybridized carbons (Fsp3) is 0.919. The SMILES string of the molecule is CCCCCCCCCCCCCCN(C(=O)CCCCCCCCCCC)[C@]1(N)O[C@H](CO)[C@@H](O)[C@H](O)[C@H]1C(=O)C(N)C(=O)CNC. The summed E-state index contributed by atoms with van der Waals surface area (Å²) >= 11 is 0. The predicted molar refractivity (Wildman–Crippen MR) is 191 cm³/mol. The maximum Gasteiger partial charge on any atom is 0.225 e. The molecule has 1 saturated heterocycles. The van der Waals surface area contributed by atoms with Gasteiger partial charge >= 0.3 is 0 Å². The molecule has 1 amide bonds. The summed E-state index contributed by atoms with van der Waals surface area (Å²) in [5.41, 5.74) is 12.9. The summed E-state index contributed by atoms with van der Waals surface area (Å²) in [5.74, 6) is -5.79. The van der Waals surface area contributed by atoms with Gasteiger partial charge in [-0.2, -0.15) is 0 Å². The number of nitrogens with two attached hydrogens (primary N) is 2. The molecule has 11 nitrogen and oxygen atoms in total. The summed E-state index contributed by atoms with van der Waals surface area (Å²) in [7, 11) is 1.54. The topological polar surface area (TPSA) is 188 Å². The van der Waals surface area contributed by atoms with Gasteiger partial charge < -0.3 is 36.0 Å². The number of carbonyl (C=O) groups excluding carboxylic acids is 3. The number of carbonyl (C=O) groups is 3. The van der Waals surface area contributed by atoms with Gasteiger partial charge in [-0.1, -0.05) is 136 Å². The zero-order valence-corrected chi connectivity index (χ0v) is 30.6. The summed E-state index contributed by atoms with van der Waals surface area (Å²) in [4.78, 5) is 41.5. The number of nitrogens with zero attached hydrogens (tertiary/aromatic N) is 1. The molecule has 1 fully saturated rings. The zero-order valence-electron chi connectivity index (χ0n) is 30.6. The van der Waals surface area contributed by atoms with Crippen LogP contribution in [0.5, 0.6) is 0 Å². The molecule has 1 heterocycles. The van der Waals surface area contributed by atoms with Gasteiger partial charge in [0, 0.05) is 13.0 Å². The van der Waals surface area contributed by atoms with Crippen molar-refractivity contribution in [1.29, 1.82) is 0 Å². The second-order valence-corrected chi connectivity index (χ2v) is 13.9. The van der Waals surface area contributed by atoms with Crippen LogP contribution in [-0.4, -0.2) is 94.6 Å². The molecule has 0 spiro atoms. The van der Waals surface area contributed by atoms with Crippen LogP contribution < -0.4 is 16.8 Å². The Hall–Kier alpha value is -1.47. The highest BCUT2D eigenvalue weighted by Crippen LogP contribution is 2.36. The van der Waals surface area contributed by atoms with Gasteiger partial charge in [0.1, 0.15) is 24.2 Å². The molecule has 1 unspecified atom stereocenters. The highest BCUT2D eigenvalue weighted by atomic mass is 16.6. The summed E-state index contributed by atoms with van der Waals surface area (Å²) in [5, 5.41) is 34.6. The van der Waals surface area contributed by atoms with Crippen LogP contribution in [0.4, 0.5) is 0 Å². The molecular formula is C37H72N4O7. The summed E-state index contributed by atoms with van der Waals surface area (Å²) < 4.78 is 5.98. The highest BCUT2D eigenvalue weighted by molar-refractivity contribution is 6.08. The van der Waals surface area contributed by atoms with E-state index in [4.69, 9.17) is 16.2 Å². The number of hydrogen-bond acceptors (Lipinski definition) is 10. The molecule has 0 bridgehead atoms. The minimum absolute atomic E-state index is 0.161. The van der Waals surface area contributed by atoms with E-state index in [9.17, 15) is 29.7 Å². The van der Waals surface area contributed by atoms with Crippen LogP contribution in [0.15, 0.2) is 0 Å². The van der Waals surface area contributed by atoms with Gasteiger partial charge in [0.2, 0.25) is 11.8 Å². The number of ketones is 2. The van der Waals surface area contributed by atoms with E-state index < -0.39 is 54.3 Å². The highest BCUT2D eigenvalue weighted by Gasteiger charge is 2.59. The molecule has 0 aromatic carbocycles. The largest absolute Gasteiger partial charge is 0.394 e. The van der Waals surface area contributed by atoms with Gasteiger partial charge in [-0.15, -0.1) is 0 Å². The van der Waals surface area contributed by atoms with Gasteiger partial charge in [0.25, 0.3) is 0 Å². The van der Waals surface area contributed by atoms with Crippen LogP contribution in [0.1, 0.15) is 155 Å². The van der Waals surface area contributed by atoms with Crippen LogP contribution in [0.3, 0.4) is 0 Å². The molecule has 0 aliphatic carbocycles. The molecule has 0 aromatic rings. The van der Waals surface area contributed by atoms with Gasteiger partial charge in [-0.25, -0.2) is 0 Å². The van der Waals surface area contributed by atoms with Gasteiger partial charge in [0.15, 0.2) is 11.6 Å². The van der Waals surface area contributed by atoms with Crippen LogP contribution in [-0.2, 0) is 19.1 Å². The third-order valence-corrected chi connectivity index (χ3v) is 9.80. The predicted octanol–water partition coefficient (Wildman–Crippen LogP) is 4.46. The van der Waals surface area contributed by atoms with Gasteiger partial charge in [0.05, 0.1) is 19.3 Å². The Balaban J connectivity index is 3.00. The Morgan fingerprint density at radius 1 is 0.750 bits per heavy atom. The number of unbranched alkanes of at least 4 members (excludes halogenated alkanes) is 19. The van der Waals surface area contributed by atoms with Gasteiger partial charge in [-0.05, 0) is 19.9 Å². The second-order valence-electron chi connectivity index (χ2n) is 13.9. The number of likely N-dealkylation sites (N-methyl/N-ethyl adjacent to an activating group) is 1.